The van der Waals surface area contributed by atoms with Gasteiger partial charge in [-0.1, -0.05) is 32.6 Å². The van der Waals surface area contributed by atoms with E-state index in [0.717, 1.165) is 27.1 Å². The molecule has 5 heterocycles. The van der Waals surface area contributed by atoms with Crippen molar-refractivity contribution in [1.29, 1.82) is 0 Å². The van der Waals surface area contributed by atoms with Gasteiger partial charge in [-0.15, -0.1) is 0 Å². The van der Waals surface area contributed by atoms with E-state index in [1.54, 1.807) is 17.4 Å². The smallest absolute Gasteiger partial charge is 0.275 e. The fourth-order valence-corrected chi connectivity index (χ4v) is 5.98. The molecular weight excluding hydrogens is 546 g/mol. The molecule has 38 heavy (non-hydrogen) atoms. The third-order valence-electron chi connectivity index (χ3n) is 7.57. The number of amides is 2. The molecule has 2 aliphatic rings. The molecule has 9 nitrogen and oxygen atoms in total. The molecule has 3 aromatic heterocycles. The summed E-state index contributed by atoms with van der Waals surface area (Å²) in [4.78, 5) is 42.2. The van der Waals surface area contributed by atoms with Crippen molar-refractivity contribution < 1.29 is 9.59 Å². The number of H-pyrrole nitrogens is 1. The second kappa shape index (κ2) is 9.50. The Bertz CT molecular complexity index is 1570. The first-order chi connectivity index (χ1) is 18.4. The van der Waals surface area contributed by atoms with Crippen molar-refractivity contribution in [3.63, 3.8) is 0 Å². The van der Waals surface area contributed by atoms with Gasteiger partial charge >= 0.3 is 0 Å². The molecule has 0 fully saturated rings. The van der Waals surface area contributed by atoms with Crippen LogP contribution in [0.5, 0.6) is 0 Å². The third kappa shape index (κ3) is 3.94. The fraction of sp³-hybridized carbons (Fsp3) is 0.321. The van der Waals surface area contributed by atoms with Gasteiger partial charge in [0.1, 0.15) is 5.52 Å². The van der Waals surface area contributed by atoms with Crippen LogP contribution in [0.25, 0.3) is 16.7 Å². The van der Waals surface area contributed by atoms with Gasteiger partial charge < -0.3 is 14.8 Å². The van der Waals surface area contributed by atoms with E-state index in [0.29, 0.717) is 55.1 Å². The monoisotopic (exact) mass is 573 g/mol. The SMILES string of the molecule is C=CC(=O)N1CCc2nn(-c3ccc(C(C)C)cc3)c3c2[C@@H](C1)N(C(=O)c1ncc(Br)c2nc[nH]c12)CC3. The number of pyridine rings is 1. The summed E-state index contributed by atoms with van der Waals surface area (Å²) in [5, 5.41) is 5.03. The number of halogens is 1. The number of rotatable bonds is 4. The van der Waals surface area contributed by atoms with Crippen molar-refractivity contribution in [2.45, 2.75) is 38.6 Å². The molecule has 0 radical (unpaired) electrons. The summed E-state index contributed by atoms with van der Waals surface area (Å²) in [5.74, 6) is 0.0995. The Morgan fingerprint density at radius 2 is 1.95 bits per heavy atom. The van der Waals surface area contributed by atoms with Crippen molar-refractivity contribution in [3.05, 3.63) is 82.1 Å². The van der Waals surface area contributed by atoms with Crippen LogP contribution in [0.3, 0.4) is 0 Å². The highest BCUT2D eigenvalue weighted by atomic mass is 79.9. The fourth-order valence-electron chi connectivity index (χ4n) is 5.58. The van der Waals surface area contributed by atoms with E-state index >= 15 is 0 Å². The van der Waals surface area contributed by atoms with Crippen LogP contribution < -0.4 is 0 Å². The van der Waals surface area contributed by atoms with Crippen molar-refractivity contribution >= 4 is 38.8 Å². The van der Waals surface area contributed by atoms with Gasteiger partial charge in [-0.05, 0) is 45.6 Å². The number of hydrogen-bond acceptors (Lipinski definition) is 5. The minimum absolute atomic E-state index is 0.149. The zero-order chi connectivity index (χ0) is 26.6. The molecule has 1 atom stereocenters. The molecule has 6 rings (SSSR count). The summed E-state index contributed by atoms with van der Waals surface area (Å²) in [6.07, 6.45) is 5.76. The Morgan fingerprint density at radius 1 is 1.16 bits per heavy atom. The zero-order valence-electron chi connectivity index (χ0n) is 21.3. The second-order valence-electron chi connectivity index (χ2n) is 10.0. The Balaban J connectivity index is 1.44. The number of imidazole rings is 1. The summed E-state index contributed by atoms with van der Waals surface area (Å²) < 4.78 is 2.75. The van der Waals surface area contributed by atoms with Crippen LogP contribution in [-0.4, -0.2) is 66.0 Å². The summed E-state index contributed by atoms with van der Waals surface area (Å²) in [6.45, 7) is 9.41. The lowest BCUT2D eigenvalue weighted by Gasteiger charge is -2.37. The standard InChI is InChI=1S/C28H28BrN7O2/c1-4-23(37)34-11-9-20-24-21(36(33-20)18-7-5-17(6-8-18)16(2)3)10-12-35(22(24)14-34)28(38)27-26-25(31-15-32-26)19(29)13-30-27/h4-8,13,15-16,22H,1,9-12,14H2,2-3H3,(H,31,32)/t22-/m1/s1. The first-order valence-electron chi connectivity index (χ1n) is 12.8. The molecule has 0 saturated carbocycles. The highest BCUT2D eigenvalue weighted by molar-refractivity contribution is 9.10. The summed E-state index contributed by atoms with van der Waals surface area (Å²) in [6, 6.07) is 8.17. The van der Waals surface area contributed by atoms with Gasteiger partial charge in [0.2, 0.25) is 5.91 Å². The van der Waals surface area contributed by atoms with E-state index in [4.69, 9.17) is 5.10 Å². The Morgan fingerprint density at radius 3 is 2.68 bits per heavy atom. The van der Waals surface area contributed by atoms with Crippen LogP contribution in [0.2, 0.25) is 0 Å². The number of hydrogen-bond donors (Lipinski definition) is 1. The molecule has 2 aliphatic heterocycles. The van der Waals surface area contributed by atoms with E-state index in [1.807, 2.05) is 9.58 Å². The molecule has 0 saturated heterocycles. The number of nitrogens with one attached hydrogen (secondary N) is 1. The van der Waals surface area contributed by atoms with E-state index in [2.05, 4.69) is 75.6 Å². The highest BCUT2D eigenvalue weighted by Gasteiger charge is 2.40. The van der Waals surface area contributed by atoms with Gasteiger partial charge in [0.05, 0.1) is 39.4 Å². The van der Waals surface area contributed by atoms with E-state index in [9.17, 15) is 9.59 Å². The van der Waals surface area contributed by atoms with Gasteiger partial charge in [0, 0.05) is 44.2 Å². The summed E-state index contributed by atoms with van der Waals surface area (Å²) in [7, 11) is 0. The van der Waals surface area contributed by atoms with Gasteiger partial charge in [-0.3, -0.25) is 9.59 Å². The molecular formula is C28H28BrN7O2. The van der Waals surface area contributed by atoms with Crippen molar-refractivity contribution in [2.75, 3.05) is 19.6 Å². The number of benzene rings is 1. The lowest BCUT2D eigenvalue weighted by atomic mass is 9.95. The van der Waals surface area contributed by atoms with E-state index in [1.165, 1.54) is 11.6 Å². The maximum Gasteiger partial charge on any atom is 0.275 e. The minimum atomic E-state index is -0.347. The maximum atomic E-state index is 14.0. The van der Waals surface area contributed by atoms with Crippen LogP contribution >= 0.6 is 15.9 Å². The number of fused-ring (bicyclic) bond motifs is 1. The number of nitrogens with zero attached hydrogens (tertiary/aromatic N) is 6. The number of aromatic nitrogens is 5. The van der Waals surface area contributed by atoms with E-state index in [-0.39, 0.29) is 17.9 Å². The first-order valence-corrected chi connectivity index (χ1v) is 13.6. The van der Waals surface area contributed by atoms with Gasteiger partial charge in [0.15, 0.2) is 5.69 Å². The topological polar surface area (TPSA) is 100 Å². The lowest BCUT2D eigenvalue weighted by Crippen LogP contribution is -2.46. The molecule has 0 unspecified atom stereocenters. The normalized spacial score (nSPS) is 17.0. The predicted octanol–water partition coefficient (Wildman–Crippen LogP) is 4.34. The average Bonchev–Trinajstić information content (AvgIpc) is 3.52. The lowest BCUT2D eigenvalue weighted by molar-refractivity contribution is -0.126. The molecule has 0 spiro atoms. The molecule has 0 bridgehead atoms. The third-order valence-corrected chi connectivity index (χ3v) is 8.15. The van der Waals surface area contributed by atoms with Gasteiger partial charge in [-0.25, -0.2) is 14.6 Å². The number of carbonyl (C=O) groups excluding carboxylic acids is 2. The summed E-state index contributed by atoms with van der Waals surface area (Å²) >= 11 is 3.47. The first kappa shape index (κ1) is 24.5. The Hall–Kier alpha value is -3.79. The molecule has 1 N–H and O–H groups in total. The zero-order valence-corrected chi connectivity index (χ0v) is 22.9. The van der Waals surface area contributed by atoms with Crippen molar-refractivity contribution in [3.8, 4) is 5.69 Å². The molecule has 0 aliphatic carbocycles. The second-order valence-corrected chi connectivity index (χ2v) is 10.9. The largest absolute Gasteiger partial charge is 0.343 e. The minimum Gasteiger partial charge on any atom is -0.343 e. The average molecular weight is 574 g/mol. The summed E-state index contributed by atoms with van der Waals surface area (Å²) in [5.41, 5.74) is 6.89. The molecule has 4 aromatic rings. The van der Waals surface area contributed by atoms with E-state index < -0.39 is 0 Å². The Kier molecular flexibility index (Phi) is 6.14. The molecule has 10 heteroatoms. The van der Waals surface area contributed by atoms with Crippen molar-refractivity contribution in [2.24, 2.45) is 0 Å². The van der Waals surface area contributed by atoms with Gasteiger partial charge in [-0.2, -0.15) is 5.10 Å². The molecule has 194 valence electrons. The quantitative estimate of drug-likeness (QED) is 0.366. The van der Waals surface area contributed by atoms with Crippen LogP contribution in [0.4, 0.5) is 0 Å². The molecule has 1 aromatic carbocycles. The van der Waals surface area contributed by atoms with Gasteiger partial charge in [0.25, 0.3) is 5.91 Å². The maximum absolute atomic E-state index is 14.0. The predicted molar refractivity (Wildman–Crippen MR) is 147 cm³/mol. The highest BCUT2D eigenvalue weighted by Crippen LogP contribution is 2.38. The van der Waals surface area contributed by atoms with Crippen molar-refractivity contribution in [1.82, 2.24) is 34.5 Å². The van der Waals surface area contributed by atoms with Crippen LogP contribution in [-0.2, 0) is 17.6 Å². The number of aromatic amines is 1. The molecule has 2 amide bonds. The number of carbonyl (C=O) groups is 2. The Labute approximate surface area is 228 Å². The van der Waals surface area contributed by atoms with Crippen LogP contribution in [0, 0.1) is 0 Å². The van der Waals surface area contributed by atoms with Crippen LogP contribution in [0.15, 0.2) is 53.9 Å². The van der Waals surface area contributed by atoms with Crippen LogP contribution in [0.1, 0.15) is 58.8 Å².